The third kappa shape index (κ3) is 3.85. The number of hydrogen-bond acceptors (Lipinski definition) is 3. The fourth-order valence-corrected chi connectivity index (χ4v) is 5.45. The van der Waals surface area contributed by atoms with E-state index in [9.17, 15) is 9.59 Å². The monoisotopic (exact) mass is 459 g/mol. The van der Waals surface area contributed by atoms with Crippen LogP contribution in [-0.2, 0) is 17.9 Å². The number of nitrogens with one attached hydrogen (secondary N) is 1. The minimum absolute atomic E-state index is 0.0725. The van der Waals surface area contributed by atoms with Gasteiger partial charge in [-0.2, -0.15) is 0 Å². The molecule has 2 aromatic carbocycles. The highest BCUT2D eigenvalue weighted by Crippen LogP contribution is 2.35. The number of benzene rings is 2. The zero-order chi connectivity index (χ0) is 23.9. The Labute approximate surface area is 200 Å². The number of carbonyl (C=O) groups excluding carboxylic acids is 2. The van der Waals surface area contributed by atoms with Crippen molar-refractivity contribution in [3.63, 3.8) is 0 Å². The van der Waals surface area contributed by atoms with Gasteiger partial charge in [-0.1, -0.05) is 43.5 Å². The van der Waals surface area contributed by atoms with Crippen molar-refractivity contribution in [3.8, 4) is 5.75 Å². The average Bonchev–Trinajstić information content (AvgIpc) is 3.21. The number of ether oxygens (including phenoxy) is 1. The molecule has 178 valence electrons. The van der Waals surface area contributed by atoms with Crippen molar-refractivity contribution in [1.29, 1.82) is 0 Å². The average molecular weight is 460 g/mol. The molecule has 1 aliphatic carbocycles. The van der Waals surface area contributed by atoms with Crippen LogP contribution in [0.1, 0.15) is 60.6 Å². The Morgan fingerprint density at radius 3 is 2.62 bits per heavy atom. The minimum Gasteiger partial charge on any atom is -0.497 e. The van der Waals surface area contributed by atoms with Crippen molar-refractivity contribution in [1.82, 2.24) is 14.8 Å². The van der Waals surface area contributed by atoms with Crippen LogP contribution in [0.2, 0.25) is 0 Å². The Bertz CT molecular complexity index is 1240. The summed E-state index contributed by atoms with van der Waals surface area (Å²) in [6, 6.07) is 16.0. The second kappa shape index (κ2) is 8.82. The number of amides is 2. The molecule has 2 amide bonds. The van der Waals surface area contributed by atoms with E-state index < -0.39 is 5.54 Å². The Morgan fingerprint density at radius 2 is 1.88 bits per heavy atom. The molecule has 0 unspecified atom stereocenters. The maximum atomic E-state index is 14.0. The second-order valence-corrected chi connectivity index (χ2v) is 9.94. The highest BCUT2D eigenvalue weighted by Gasteiger charge is 2.48. The molecule has 34 heavy (non-hydrogen) atoms. The fourth-order valence-electron chi connectivity index (χ4n) is 5.45. The maximum Gasteiger partial charge on any atom is 0.271 e. The van der Waals surface area contributed by atoms with Crippen molar-refractivity contribution in [2.45, 2.75) is 70.6 Å². The van der Waals surface area contributed by atoms with Crippen LogP contribution in [-0.4, -0.2) is 40.0 Å². The topological polar surface area (TPSA) is 63.6 Å². The number of nitrogens with zero attached hydrogens (tertiary/aromatic N) is 2. The van der Waals surface area contributed by atoms with Gasteiger partial charge in [-0.05, 0) is 56.0 Å². The number of hydrogen-bond donors (Lipinski definition) is 1. The molecular weight excluding hydrogens is 426 g/mol. The van der Waals surface area contributed by atoms with Gasteiger partial charge in [0.05, 0.1) is 19.2 Å². The lowest BCUT2D eigenvalue weighted by atomic mass is 9.90. The maximum absolute atomic E-state index is 14.0. The largest absolute Gasteiger partial charge is 0.497 e. The van der Waals surface area contributed by atoms with Gasteiger partial charge in [-0.25, -0.2) is 0 Å². The predicted molar refractivity (Wildman–Crippen MR) is 133 cm³/mol. The van der Waals surface area contributed by atoms with E-state index in [2.05, 4.69) is 5.32 Å². The Hall–Kier alpha value is -3.28. The van der Waals surface area contributed by atoms with E-state index in [1.807, 2.05) is 66.9 Å². The number of carbonyl (C=O) groups is 2. The summed E-state index contributed by atoms with van der Waals surface area (Å²) < 4.78 is 7.43. The van der Waals surface area contributed by atoms with Gasteiger partial charge < -0.3 is 19.5 Å². The second-order valence-electron chi connectivity index (χ2n) is 9.94. The molecule has 1 saturated carbocycles. The van der Waals surface area contributed by atoms with Gasteiger partial charge in [0, 0.05) is 24.0 Å². The van der Waals surface area contributed by atoms with Gasteiger partial charge in [0.15, 0.2) is 0 Å². The van der Waals surface area contributed by atoms with Gasteiger partial charge >= 0.3 is 0 Å². The highest BCUT2D eigenvalue weighted by molar-refractivity contribution is 6.03. The van der Waals surface area contributed by atoms with Gasteiger partial charge in [0.2, 0.25) is 5.91 Å². The van der Waals surface area contributed by atoms with Crippen LogP contribution in [0.4, 0.5) is 0 Å². The highest BCUT2D eigenvalue weighted by atomic mass is 16.5. The van der Waals surface area contributed by atoms with Crippen molar-refractivity contribution >= 4 is 22.7 Å². The normalized spacial score (nSPS) is 20.9. The van der Waals surface area contributed by atoms with Crippen LogP contribution >= 0.6 is 0 Å². The van der Waals surface area contributed by atoms with Crippen LogP contribution in [0.5, 0.6) is 5.75 Å². The molecule has 1 aromatic heterocycles. The molecule has 1 N–H and O–H groups in total. The van der Waals surface area contributed by atoms with Crippen molar-refractivity contribution in [3.05, 3.63) is 65.4 Å². The van der Waals surface area contributed by atoms with Gasteiger partial charge in [0.1, 0.15) is 17.0 Å². The molecule has 1 fully saturated rings. The van der Waals surface area contributed by atoms with Crippen molar-refractivity contribution in [2.75, 3.05) is 7.11 Å². The molecule has 1 atom stereocenters. The molecule has 3 aromatic rings. The van der Waals surface area contributed by atoms with E-state index in [0.29, 0.717) is 18.8 Å². The summed E-state index contributed by atoms with van der Waals surface area (Å²) in [6.07, 6.45) is 5.51. The lowest BCUT2D eigenvalue weighted by molar-refractivity contribution is -0.134. The van der Waals surface area contributed by atoms with Gasteiger partial charge in [-0.3, -0.25) is 9.59 Å². The zero-order valence-electron chi connectivity index (χ0n) is 20.3. The van der Waals surface area contributed by atoms with Crippen LogP contribution < -0.4 is 10.1 Å². The summed E-state index contributed by atoms with van der Waals surface area (Å²) in [7, 11) is 1.64. The summed E-state index contributed by atoms with van der Waals surface area (Å²) in [5.74, 6) is 0.541. The molecule has 1 aliphatic heterocycles. The van der Waals surface area contributed by atoms with Crippen LogP contribution in [0, 0.1) is 6.92 Å². The molecule has 2 aliphatic rings. The number of aryl methyl sites for hydroxylation is 1. The van der Waals surface area contributed by atoms with Crippen molar-refractivity contribution < 1.29 is 14.3 Å². The third-order valence-electron chi connectivity index (χ3n) is 7.66. The first-order chi connectivity index (χ1) is 16.4. The van der Waals surface area contributed by atoms with Crippen LogP contribution in [0.3, 0.4) is 0 Å². The standard InChI is InChI=1S/C28H33N3O3/c1-19-9-7-8-10-21(19)17-31-26(32)25-15-20-13-14-23(34-3)16-24(20)30(25)18-28(31,2)27(33)29-22-11-5-4-6-12-22/h7-10,13-16,22H,4-6,11-12,17-18H2,1-3H3,(H,29,33)/t28-/m0/s1. The summed E-state index contributed by atoms with van der Waals surface area (Å²) in [4.78, 5) is 29.6. The molecule has 2 heterocycles. The molecule has 0 saturated heterocycles. The smallest absolute Gasteiger partial charge is 0.271 e. The minimum atomic E-state index is -1.02. The molecule has 0 spiro atoms. The number of methoxy groups -OCH3 is 1. The van der Waals surface area contributed by atoms with Gasteiger partial charge in [-0.15, -0.1) is 0 Å². The summed E-state index contributed by atoms with van der Waals surface area (Å²) >= 11 is 0. The molecular formula is C28H33N3O3. The van der Waals surface area contributed by atoms with E-state index in [0.717, 1.165) is 53.5 Å². The summed E-state index contributed by atoms with van der Waals surface area (Å²) in [6.45, 7) is 4.75. The summed E-state index contributed by atoms with van der Waals surface area (Å²) in [5.41, 5.74) is 2.67. The van der Waals surface area contributed by atoms with E-state index in [4.69, 9.17) is 4.74 Å². The molecule has 0 radical (unpaired) electrons. The Kier molecular flexibility index (Phi) is 5.84. The summed E-state index contributed by atoms with van der Waals surface area (Å²) in [5, 5.41) is 4.27. The molecule has 5 rings (SSSR count). The van der Waals surface area contributed by atoms with Crippen molar-refractivity contribution in [2.24, 2.45) is 0 Å². The predicted octanol–water partition coefficient (Wildman–Crippen LogP) is 4.82. The SMILES string of the molecule is COc1ccc2cc3n(c2c1)C[C@@](C)(C(=O)NC1CCCCC1)N(Cc1ccccc1C)C3=O. The number of rotatable bonds is 5. The molecule has 0 bridgehead atoms. The first kappa shape index (κ1) is 22.5. The third-order valence-corrected chi connectivity index (χ3v) is 7.66. The van der Waals surface area contributed by atoms with Gasteiger partial charge in [0.25, 0.3) is 5.91 Å². The Morgan fingerprint density at radius 1 is 1.12 bits per heavy atom. The molecule has 6 heteroatoms. The van der Waals surface area contributed by atoms with Crippen LogP contribution in [0.25, 0.3) is 10.9 Å². The number of aromatic nitrogens is 1. The lowest BCUT2D eigenvalue weighted by Gasteiger charge is -2.45. The fraction of sp³-hybridized carbons (Fsp3) is 0.429. The first-order valence-electron chi connectivity index (χ1n) is 12.3. The van der Waals surface area contributed by atoms with Crippen LogP contribution in [0.15, 0.2) is 48.5 Å². The van der Waals surface area contributed by atoms with E-state index in [-0.39, 0.29) is 17.9 Å². The Balaban J connectivity index is 1.58. The van der Waals surface area contributed by atoms with E-state index in [1.54, 1.807) is 12.0 Å². The van der Waals surface area contributed by atoms with E-state index >= 15 is 0 Å². The quantitative estimate of drug-likeness (QED) is 0.595. The lowest BCUT2D eigenvalue weighted by Crippen LogP contribution is -2.64. The van der Waals surface area contributed by atoms with E-state index in [1.165, 1.54) is 6.42 Å². The number of fused-ring (bicyclic) bond motifs is 3. The zero-order valence-corrected chi connectivity index (χ0v) is 20.3. The molecule has 6 nitrogen and oxygen atoms in total. The first-order valence-corrected chi connectivity index (χ1v) is 12.3.